The maximum Gasteiger partial charge on any atom is 0.402 e. The summed E-state index contributed by atoms with van der Waals surface area (Å²) >= 11 is 0. The van der Waals surface area contributed by atoms with Crippen molar-refractivity contribution in [2.24, 2.45) is 5.73 Å². The largest absolute Gasteiger partial charge is 0.402 e. The second-order valence-corrected chi connectivity index (χ2v) is 10.6. The van der Waals surface area contributed by atoms with Crippen molar-refractivity contribution in [3.8, 4) is 0 Å². The van der Waals surface area contributed by atoms with Gasteiger partial charge in [0, 0.05) is 0 Å². The van der Waals surface area contributed by atoms with E-state index in [4.69, 9.17) is 14.1 Å². The van der Waals surface area contributed by atoms with Gasteiger partial charge in [0.25, 0.3) is 0 Å². The quantitative estimate of drug-likeness (QED) is 0.145. The molecule has 1 rings (SSSR count). The maximum atomic E-state index is 12.3. The molecule has 0 radical (unpaired) electrons. The van der Waals surface area contributed by atoms with Gasteiger partial charge in [0.15, 0.2) is 0 Å². The van der Waals surface area contributed by atoms with Crippen LogP contribution in [0.15, 0.2) is 30.3 Å². The summed E-state index contributed by atoms with van der Waals surface area (Å²) in [6.07, 6.45) is 17.5. The van der Waals surface area contributed by atoms with E-state index >= 15 is 0 Å². The van der Waals surface area contributed by atoms with Gasteiger partial charge in [-0.1, -0.05) is 121 Å². The summed E-state index contributed by atoms with van der Waals surface area (Å²) in [5, 5.41) is 0. The SMILES string of the molecule is CCCCCCCCCCCCCCCCC(N)OS(=O)(=O)OC(C)(C)c1ccccc1.N. The van der Waals surface area contributed by atoms with Gasteiger partial charge in [-0.25, -0.2) is 8.37 Å². The first-order valence-electron chi connectivity index (χ1n) is 12.7. The summed E-state index contributed by atoms with van der Waals surface area (Å²) in [5.74, 6) is 0. The van der Waals surface area contributed by atoms with Crippen LogP contribution in [0.3, 0.4) is 0 Å². The summed E-state index contributed by atoms with van der Waals surface area (Å²) in [4.78, 5) is 0. The van der Waals surface area contributed by atoms with Crippen LogP contribution >= 0.6 is 0 Å². The third-order valence-electron chi connectivity index (χ3n) is 5.86. The molecule has 0 bridgehead atoms. The van der Waals surface area contributed by atoms with E-state index < -0.39 is 22.2 Å². The highest BCUT2D eigenvalue weighted by Gasteiger charge is 2.30. The molecule has 1 aromatic carbocycles. The molecule has 7 heteroatoms. The Labute approximate surface area is 203 Å². The van der Waals surface area contributed by atoms with Gasteiger partial charge in [-0.3, -0.25) is 0 Å². The first-order valence-corrected chi connectivity index (χ1v) is 14.0. The van der Waals surface area contributed by atoms with Crippen molar-refractivity contribution < 1.29 is 16.8 Å². The molecule has 6 nitrogen and oxygen atoms in total. The lowest BCUT2D eigenvalue weighted by molar-refractivity contribution is 0.0681. The molecule has 33 heavy (non-hydrogen) atoms. The zero-order valence-corrected chi connectivity index (χ0v) is 22.2. The molecule has 0 heterocycles. The molecule has 0 aliphatic carbocycles. The molecule has 0 saturated heterocycles. The lowest BCUT2D eigenvalue weighted by Crippen LogP contribution is -2.33. The van der Waals surface area contributed by atoms with Gasteiger partial charge in [-0.15, -0.1) is 0 Å². The van der Waals surface area contributed by atoms with Crippen LogP contribution in [-0.2, 0) is 24.4 Å². The van der Waals surface area contributed by atoms with Crippen molar-refractivity contribution in [2.45, 2.75) is 129 Å². The Balaban J connectivity index is 0.0000102. The van der Waals surface area contributed by atoms with Crippen molar-refractivity contribution in [1.82, 2.24) is 6.15 Å². The highest BCUT2D eigenvalue weighted by atomic mass is 32.3. The maximum absolute atomic E-state index is 12.3. The zero-order chi connectivity index (χ0) is 23.7. The molecule has 0 aliphatic heterocycles. The molecule has 0 amide bonds. The van der Waals surface area contributed by atoms with Gasteiger partial charge in [-0.2, -0.15) is 8.42 Å². The van der Waals surface area contributed by atoms with Crippen LogP contribution < -0.4 is 11.9 Å². The molecule has 1 atom stereocenters. The third-order valence-corrected chi connectivity index (χ3v) is 6.97. The Kier molecular flexibility index (Phi) is 17.8. The molecule has 0 aliphatic rings. The second kappa shape index (κ2) is 18.4. The molecule has 0 spiro atoms. The molecule has 1 unspecified atom stereocenters. The van der Waals surface area contributed by atoms with Crippen LogP contribution in [-0.4, -0.2) is 14.6 Å². The van der Waals surface area contributed by atoms with E-state index in [9.17, 15) is 8.42 Å². The molecule has 0 aromatic heterocycles. The van der Waals surface area contributed by atoms with Gasteiger partial charge in [-0.05, 0) is 32.3 Å². The highest BCUT2D eigenvalue weighted by molar-refractivity contribution is 7.81. The minimum absolute atomic E-state index is 0. The molecule has 194 valence electrons. The number of nitrogens with two attached hydrogens (primary N) is 1. The van der Waals surface area contributed by atoms with E-state index in [0.717, 1.165) is 24.8 Å². The van der Waals surface area contributed by atoms with E-state index in [2.05, 4.69) is 6.92 Å². The normalized spacial score (nSPS) is 13.0. The van der Waals surface area contributed by atoms with Gasteiger partial charge in [0.2, 0.25) is 0 Å². The Hall–Kier alpha value is -0.990. The first-order chi connectivity index (χ1) is 15.3. The minimum Gasteiger partial charge on any atom is -0.344 e. The summed E-state index contributed by atoms with van der Waals surface area (Å²) in [5.41, 5.74) is 5.62. The number of unbranched alkanes of at least 4 members (excludes halogenated alkanes) is 13. The number of hydrogen-bond acceptors (Lipinski definition) is 6. The fourth-order valence-corrected chi connectivity index (χ4v) is 4.95. The molecular weight excluding hydrogens is 436 g/mol. The van der Waals surface area contributed by atoms with E-state index in [1.165, 1.54) is 70.6 Å². The highest BCUT2D eigenvalue weighted by Crippen LogP contribution is 2.27. The van der Waals surface area contributed by atoms with Crippen LogP contribution in [0.5, 0.6) is 0 Å². The van der Waals surface area contributed by atoms with Crippen molar-refractivity contribution in [3.05, 3.63) is 35.9 Å². The predicted octanol–water partition coefficient (Wildman–Crippen LogP) is 7.52. The average Bonchev–Trinajstić information content (AvgIpc) is 2.73. The van der Waals surface area contributed by atoms with Crippen molar-refractivity contribution in [1.29, 1.82) is 0 Å². The standard InChI is InChI=1S/C26H47NO4S.H3N/c1-4-5-6-7-8-9-10-11-12-13-14-15-16-20-23-25(27)30-32(28,29)31-26(2,3)24-21-18-17-19-22-24;/h17-19,21-22,25H,4-16,20,23,27H2,1-3H3;1H3. The summed E-state index contributed by atoms with van der Waals surface area (Å²) in [6.45, 7) is 5.65. The fraction of sp³-hybridized carbons (Fsp3) is 0.769. The minimum atomic E-state index is -4.18. The van der Waals surface area contributed by atoms with E-state index in [1.807, 2.05) is 30.3 Å². The van der Waals surface area contributed by atoms with Crippen LogP contribution in [0.25, 0.3) is 0 Å². The van der Waals surface area contributed by atoms with Crippen LogP contribution in [0.2, 0.25) is 0 Å². The lowest BCUT2D eigenvalue weighted by atomic mass is 9.99. The molecule has 0 saturated carbocycles. The molecular formula is C26H50N2O4S. The average molecular weight is 487 g/mol. The van der Waals surface area contributed by atoms with Gasteiger partial charge < -0.3 is 11.9 Å². The monoisotopic (exact) mass is 486 g/mol. The van der Waals surface area contributed by atoms with Crippen molar-refractivity contribution in [2.75, 3.05) is 0 Å². The fourth-order valence-electron chi connectivity index (χ4n) is 3.90. The molecule has 0 fully saturated rings. The van der Waals surface area contributed by atoms with Crippen molar-refractivity contribution >= 4 is 10.4 Å². The first kappa shape index (κ1) is 32.0. The zero-order valence-electron chi connectivity index (χ0n) is 21.4. The lowest BCUT2D eigenvalue weighted by Gasteiger charge is -2.25. The Bertz CT molecular complexity index is 681. The Morgan fingerprint density at radius 3 is 1.67 bits per heavy atom. The molecule has 1 aromatic rings. The number of benzene rings is 1. The summed E-state index contributed by atoms with van der Waals surface area (Å²) < 4.78 is 34.8. The third kappa shape index (κ3) is 16.3. The predicted molar refractivity (Wildman–Crippen MR) is 138 cm³/mol. The van der Waals surface area contributed by atoms with Crippen LogP contribution in [0.1, 0.15) is 123 Å². The van der Waals surface area contributed by atoms with Gasteiger partial charge >= 0.3 is 10.4 Å². The van der Waals surface area contributed by atoms with E-state index in [-0.39, 0.29) is 6.15 Å². The second-order valence-electron chi connectivity index (χ2n) is 9.39. The smallest absolute Gasteiger partial charge is 0.344 e. The van der Waals surface area contributed by atoms with E-state index in [0.29, 0.717) is 6.42 Å². The number of rotatable bonds is 20. The van der Waals surface area contributed by atoms with Gasteiger partial charge in [0.05, 0.1) is 0 Å². The van der Waals surface area contributed by atoms with E-state index in [1.54, 1.807) is 13.8 Å². The topological polar surface area (TPSA) is 114 Å². The number of hydrogen-bond donors (Lipinski definition) is 2. The van der Waals surface area contributed by atoms with Crippen molar-refractivity contribution in [3.63, 3.8) is 0 Å². The van der Waals surface area contributed by atoms with Crippen LogP contribution in [0, 0.1) is 0 Å². The Morgan fingerprint density at radius 2 is 1.21 bits per heavy atom. The Morgan fingerprint density at radius 1 is 0.788 bits per heavy atom. The summed E-state index contributed by atoms with van der Waals surface area (Å²) in [7, 11) is -4.18. The molecule has 5 N–H and O–H groups in total. The van der Waals surface area contributed by atoms with Gasteiger partial charge in [0.1, 0.15) is 11.8 Å². The summed E-state index contributed by atoms with van der Waals surface area (Å²) in [6, 6.07) is 9.20. The van der Waals surface area contributed by atoms with Crippen LogP contribution in [0.4, 0.5) is 0 Å².